The SMILES string of the molecule is Cc1c(NC(=O)c2cc3n(n2)CCCC3=O)cccc1-c1cccc(-c2cc3n(n2)CCCC3=O)c1C. The Morgan fingerprint density at radius 3 is 2.05 bits per heavy atom. The highest BCUT2D eigenvalue weighted by Gasteiger charge is 2.24. The Kier molecular flexibility index (Phi) is 5.59. The maximum absolute atomic E-state index is 13.0. The van der Waals surface area contributed by atoms with Crippen molar-refractivity contribution >= 4 is 23.2 Å². The number of hydrogen-bond acceptors (Lipinski definition) is 5. The van der Waals surface area contributed by atoms with Gasteiger partial charge in [0.1, 0.15) is 11.4 Å². The molecule has 4 heterocycles. The number of rotatable bonds is 4. The monoisotopic (exact) mass is 493 g/mol. The Hall–Kier alpha value is -4.33. The van der Waals surface area contributed by atoms with E-state index in [0.29, 0.717) is 36.5 Å². The summed E-state index contributed by atoms with van der Waals surface area (Å²) in [5, 5.41) is 12.1. The minimum atomic E-state index is -0.339. The molecule has 2 aliphatic rings. The van der Waals surface area contributed by atoms with E-state index in [4.69, 9.17) is 5.10 Å². The number of nitrogens with one attached hydrogen (secondary N) is 1. The van der Waals surface area contributed by atoms with Crippen molar-refractivity contribution in [2.24, 2.45) is 0 Å². The lowest BCUT2D eigenvalue weighted by molar-refractivity contribution is 0.0943. The summed E-state index contributed by atoms with van der Waals surface area (Å²) in [5.74, 6) is -0.177. The number of amides is 1. The molecule has 0 saturated heterocycles. The second-order valence-corrected chi connectivity index (χ2v) is 9.74. The molecule has 2 aliphatic heterocycles. The van der Waals surface area contributed by atoms with E-state index < -0.39 is 0 Å². The fraction of sp³-hybridized carbons (Fsp3) is 0.276. The van der Waals surface area contributed by atoms with Crippen LogP contribution < -0.4 is 5.32 Å². The lowest BCUT2D eigenvalue weighted by Crippen LogP contribution is -2.17. The van der Waals surface area contributed by atoms with Gasteiger partial charge in [-0.1, -0.05) is 30.3 Å². The predicted molar refractivity (Wildman–Crippen MR) is 140 cm³/mol. The first-order chi connectivity index (χ1) is 17.9. The van der Waals surface area contributed by atoms with Gasteiger partial charge in [0.2, 0.25) is 0 Å². The highest BCUT2D eigenvalue weighted by Crippen LogP contribution is 2.36. The number of carbonyl (C=O) groups excluding carboxylic acids is 3. The molecule has 0 radical (unpaired) electrons. The lowest BCUT2D eigenvalue weighted by Gasteiger charge is -2.15. The average Bonchev–Trinajstić information content (AvgIpc) is 3.52. The van der Waals surface area contributed by atoms with E-state index in [9.17, 15) is 14.4 Å². The molecule has 2 aromatic heterocycles. The summed E-state index contributed by atoms with van der Waals surface area (Å²) in [4.78, 5) is 37.5. The van der Waals surface area contributed by atoms with Crippen LogP contribution in [0.5, 0.6) is 0 Å². The first-order valence-corrected chi connectivity index (χ1v) is 12.6. The topological polar surface area (TPSA) is 98.9 Å². The second kappa shape index (κ2) is 8.96. The fourth-order valence-corrected chi connectivity index (χ4v) is 5.35. The summed E-state index contributed by atoms with van der Waals surface area (Å²) < 4.78 is 3.44. The predicted octanol–water partition coefficient (Wildman–Crippen LogP) is 5.24. The highest BCUT2D eigenvalue weighted by atomic mass is 16.2. The molecule has 4 aromatic rings. The van der Waals surface area contributed by atoms with Gasteiger partial charge >= 0.3 is 0 Å². The molecule has 0 spiro atoms. The Morgan fingerprint density at radius 1 is 0.784 bits per heavy atom. The average molecular weight is 494 g/mol. The summed E-state index contributed by atoms with van der Waals surface area (Å²) in [6, 6.07) is 15.4. The van der Waals surface area contributed by atoms with E-state index in [1.165, 1.54) is 0 Å². The standard InChI is InChI=1S/C29H27N5O3/c1-17-19(7-3-9-21(17)23-15-25-27(35)11-5-13-33(25)31-23)20-8-4-10-22(18(20)2)30-29(37)24-16-26-28(36)12-6-14-34(26)32-24/h3-4,7-10,15-16H,5-6,11-14H2,1-2H3,(H,30,37). The second-order valence-electron chi connectivity index (χ2n) is 9.74. The lowest BCUT2D eigenvalue weighted by atomic mass is 9.92. The Labute approximate surface area is 214 Å². The molecule has 0 fully saturated rings. The van der Waals surface area contributed by atoms with Crippen LogP contribution in [0.1, 0.15) is 68.3 Å². The number of hydrogen-bond donors (Lipinski definition) is 1. The molecule has 1 N–H and O–H groups in total. The summed E-state index contributed by atoms with van der Waals surface area (Å²) in [6.45, 7) is 5.44. The van der Waals surface area contributed by atoms with Crippen LogP contribution in [0.15, 0.2) is 48.5 Å². The van der Waals surface area contributed by atoms with Gasteiger partial charge in [0.15, 0.2) is 17.3 Å². The number of anilines is 1. The van der Waals surface area contributed by atoms with Gasteiger partial charge in [0.25, 0.3) is 5.91 Å². The summed E-state index contributed by atoms with van der Waals surface area (Å²) in [5.41, 5.74) is 7.89. The van der Waals surface area contributed by atoms with Crippen LogP contribution in [0.4, 0.5) is 5.69 Å². The van der Waals surface area contributed by atoms with Crippen molar-refractivity contribution in [1.82, 2.24) is 19.6 Å². The molecular weight excluding hydrogens is 466 g/mol. The maximum atomic E-state index is 13.0. The van der Waals surface area contributed by atoms with E-state index in [2.05, 4.69) is 23.4 Å². The quantitative estimate of drug-likeness (QED) is 0.419. The van der Waals surface area contributed by atoms with Crippen LogP contribution in [-0.4, -0.2) is 37.0 Å². The highest BCUT2D eigenvalue weighted by molar-refractivity contribution is 6.06. The minimum Gasteiger partial charge on any atom is -0.320 e. The molecule has 0 saturated carbocycles. The van der Waals surface area contributed by atoms with Crippen LogP contribution in [0.2, 0.25) is 0 Å². The van der Waals surface area contributed by atoms with Crippen molar-refractivity contribution < 1.29 is 14.4 Å². The number of ketones is 2. The fourth-order valence-electron chi connectivity index (χ4n) is 5.35. The zero-order chi connectivity index (χ0) is 25.7. The van der Waals surface area contributed by atoms with Crippen molar-refractivity contribution in [2.75, 3.05) is 5.32 Å². The van der Waals surface area contributed by atoms with Crippen molar-refractivity contribution in [1.29, 1.82) is 0 Å². The number of aromatic nitrogens is 4. The molecule has 2 aromatic carbocycles. The van der Waals surface area contributed by atoms with Crippen molar-refractivity contribution in [2.45, 2.75) is 52.6 Å². The van der Waals surface area contributed by atoms with Gasteiger partial charge in [0.05, 0.1) is 5.69 Å². The van der Waals surface area contributed by atoms with Gasteiger partial charge in [-0.3, -0.25) is 23.7 Å². The third kappa shape index (κ3) is 3.98. The van der Waals surface area contributed by atoms with Gasteiger partial charge in [-0.2, -0.15) is 10.2 Å². The van der Waals surface area contributed by atoms with Crippen LogP contribution in [-0.2, 0) is 13.1 Å². The van der Waals surface area contributed by atoms with Crippen molar-refractivity contribution in [3.8, 4) is 22.4 Å². The molecule has 8 heteroatoms. The molecule has 8 nitrogen and oxygen atoms in total. The summed E-state index contributed by atoms with van der Waals surface area (Å²) >= 11 is 0. The molecule has 0 bridgehead atoms. The molecule has 0 atom stereocenters. The number of Topliss-reactive ketones (excluding diaryl/α,β-unsaturated/α-hetero) is 2. The number of fused-ring (bicyclic) bond motifs is 2. The minimum absolute atomic E-state index is 0.0225. The largest absolute Gasteiger partial charge is 0.320 e. The van der Waals surface area contributed by atoms with Crippen molar-refractivity contribution in [3.63, 3.8) is 0 Å². The summed E-state index contributed by atoms with van der Waals surface area (Å²) in [7, 11) is 0. The zero-order valence-corrected chi connectivity index (χ0v) is 20.9. The van der Waals surface area contributed by atoms with Gasteiger partial charge in [-0.05, 0) is 61.1 Å². The van der Waals surface area contributed by atoms with Gasteiger partial charge in [-0.15, -0.1) is 0 Å². The van der Waals surface area contributed by atoms with E-state index in [1.54, 1.807) is 10.7 Å². The molecule has 0 unspecified atom stereocenters. The third-order valence-corrected chi connectivity index (χ3v) is 7.39. The Bertz CT molecular complexity index is 1590. The number of aryl methyl sites for hydroxylation is 2. The van der Waals surface area contributed by atoms with Gasteiger partial charge in [0, 0.05) is 43.2 Å². The van der Waals surface area contributed by atoms with Gasteiger partial charge < -0.3 is 5.32 Å². The summed E-state index contributed by atoms with van der Waals surface area (Å²) in [6.07, 6.45) is 2.62. The van der Waals surface area contributed by atoms with Crippen LogP contribution in [0.25, 0.3) is 22.4 Å². The van der Waals surface area contributed by atoms with Crippen molar-refractivity contribution in [3.05, 3.63) is 76.7 Å². The van der Waals surface area contributed by atoms with Crippen LogP contribution in [0, 0.1) is 13.8 Å². The smallest absolute Gasteiger partial charge is 0.276 e. The van der Waals surface area contributed by atoms with E-state index in [1.807, 2.05) is 48.0 Å². The number of benzene rings is 2. The molecule has 6 rings (SSSR count). The van der Waals surface area contributed by atoms with Gasteiger partial charge in [-0.25, -0.2) is 0 Å². The van der Waals surface area contributed by atoms with E-state index in [0.717, 1.165) is 52.9 Å². The van der Waals surface area contributed by atoms with Crippen LogP contribution in [0.3, 0.4) is 0 Å². The molecule has 37 heavy (non-hydrogen) atoms. The third-order valence-electron chi connectivity index (χ3n) is 7.39. The Balaban J connectivity index is 1.32. The molecule has 0 aliphatic carbocycles. The maximum Gasteiger partial charge on any atom is 0.276 e. The molecule has 1 amide bonds. The van der Waals surface area contributed by atoms with E-state index >= 15 is 0 Å². The normalized spacial score (nSPS) is 14.9. The molecular formula is C29H27N5O3. The number of carbonyl (C=O) groups is 3. The first-order valence-electron chi connectivity index (χ1n) is 12.6. The molecule has 186 valence electrons. The zero-order valence-electron chi connectivity index (χ0n) is 20.9. The number of nitrogens with zero attached hydrogens (tertiary/aromatic N) is 4. The van der Waals surface area contributed by atoms with E-state index in [-0.39, 0.29) is 23.2 Å². The Morgan fingerprint density at radius 2 is 1.38 bits per heavy atom. The van der Waals surface area contributed by atoms with Crippen LogP contribution >= 0.6 is 0 Å². The first kappa shape index (κ1) is 23.1.